The highest BCUT2D eigenvalue weighted by Crippen LogP contribution is 2.32. The molecule has 3 aliphatic rings. The second kappa shape index (κ2) is 9.65. The van der Waals surface area contributed by atoms with Gasteiger partial charge in [0.2, 0.25) is 0 Å². The first kappa shape index (κ1) is 22.1. The number of rotatable bonds is 6. The van der Waals surface area contributed by atoms with Crippen LogP contribution in [0.25, 0.3) is 0 Å². The van der Waals surface area contributed by atoms with Gasteiger partial charge in [0.05, 0.1) is 6.04 Å². The van der Waals surface area contributed by atoms with Crippen molar-refractivity contribution in [1.82, 2.24) is 20.0 Å². The van der Waals surface area contributed by atoms with Crippen molar-refractivity contribution in [1.29, 1.82) is 0 Å². The van der Waals surface area contributed by atoms with Gasteiger partial charge in [-0.15, -0.1) is 0 Å². The van der Waals surface area contributed by atoms with E-state index in [0.717, 1.165) is 58.5 Å². The van der Waals surface area contributed by atoms with Crippen molar-refractivity contribution in [3.63, 3.8) is 0 Å². The summed E-state index contributed by atoms with van der Waals surface area (Å²) >= 11 is 0. The van der Waals surface area contributed by atoms with Gasteiger partial charge in [-0.1, -0.05) is 60.7 Å². The predicted octanol–water partition coefficient (Wildman–Crippen LogP) is 3.28. The first-order valence-electron chi connectivity index (χ1n) is 12.3. The number of carbonyl (C=O) groups excluding carboxylic acids is 2. The van der Waals surface area contributed by atoms with E-state index in [4.69, 9.17) is 0 Å². The molecule has 3 saturated heterocycles. The van der Waals surface area contributed by atoms with Crippen molar-refractivity contribution >= 4 is 11.9 Å². The van der Waals surface area contributed by atoms with E-state index in [-0.39, 0.29) is 18.0 Å². The number of imide groups is 1. The molecule has 3 aliphatic heterocycles. The molecule has 3 amide bonds. The van der Waals surface area contributed by atoms with Crippen LogP contribution in [0.3, 0.4) is 0 Å². The second-order valence-electron chi connectivity index (χ2n) is 9.78. The average Bonchev–Trinajstić information content (AvgIpc) is 3.09. The van der Waals surface area contributed by atoms with Gasteiger partial charge in [0.1, 0.15) is 5.54 Å². The zero-order chi connectivity index (χ0) is 22.7. The molecule has 0 aliphatic carbocycles. The Balaban J connectivity index is 1.18. The third kappa shape index (κ3) is 4.82. The van der Waals surface area contributed by atoms with Crippen molar-refractivity contribution < 1.29 is 9.59 Å². The van der Waals surface area contributed by atoms with Crippen molar-refractivity contribution in [2.24, 2.45) is 0 Å². The van der Waals surface area contributed by atoms with Crippen LogP contribution in [0.2, 0.25) is 0 Å². The van der Waals surface area contributed by atoms with Crippen molar-refractivity contribution in [3.8, 4) is 0 Å². The summed E-state index contributed by atoms with van der Waals surface area (Å²) in [6.45, 7) is 5.31. The van der Waals surface area contributed by atoms with Crippen molar-refractivity contribution in [3.05, 3.63) is 71.8 Å². The molecule has 6 nitrogen and oxygen atoms in total. The summed E-state index contributed by atoms with van der Waals surface area (Å²) in [6, 6.07) is 20.7. The number of carbonyl (C=O) groups is 2. The second-order valence-corrected chi connectivity index (χ2v) is 9.78. The fourth-order valence-corrected chi connectivity index (χ4v) is 5.63. The summed E-state index contributed by atoms with van der Waals surface area (Å²) in [5, 5.41) is 3.12. The first-order valence-corrected chi connectivity index (χ1v) is 12.3. The van der Waals surface area contributed by atoms with E-state index < -0.39 is 5.54 Å². The first-order chi connectivity index (χ1) is 16.1. The van der Waals surface area contributed by atoms with Gasteiger partial charge in [0, 0.05) is 32.7 Å². The van der Waals surface area contributed by atoms with Crippen LogP contribution in [0, 0.1) is 0 Å². The van der Waals surface area contributed by atoms with Gasteiger partial charge in [-0.3, -0.25) is 14.6 Å². The maximum absolute atomic E-state index is 13.5. The summed E-state index contributed by atoms with van der Waals surface area (Å²) in [5.74, 6) is 0.00164. The molecule has 33 heavy (non-hydrogen) atoms. The lowest BCUT2D eigenvalue weighted by atomic mass is 9.87. The number of nitrogens with zero attached hydrogens (tertiary/aromatic N) is 3. The van der Waals surface area contributed by atoms with Crippen LogP contribution in [0.15, 0.2) is 60.7 Å². The van der Waals surface area contributed by atoms with Crippen LogP contribution >= 0.6 is 0 Å². The predicted molar refractivity (Wildman–Crippen MR) is 129 cm³/mol. The van der Waals surface area contributed by atoms with Crippen molar-refractivity contribution in [2.75, 3.05) is 32.7 Å². The summed E-state index contributed by atoms with van der Waals surface area (Å²) in [4.78, 5) is 32.9. The number of piperidine rings is 2. The Morgan fingerprint density at radius 1 is 0.848 bits per heavy atom. The van der Waals surface area contributed by atoms with E-state index in [1.807, 2.05) is 12.1 Å². The van der Waals surface area contributed by atoms with Gasteiger partial charge in [-0.25, -0.2) is 4.79 Å². The molecule has 0 aromatic heterocycles. The van der Waals surface area contributed by atoms with Gasteiger partial charge < -0.3 is 10.2 Å². The van der Waals surface area contributed by atoms with E-state index in [9.17, 15) is 9.59 Å². The Kier molecular flexibility index (Phi) is 6.47. The van der Waals surface area contributed by atoms with Gasteiger partial charge in [-0.2, -0.15) is 0 Å². The molecule has 1 atom stereocenters. The molecule has 0 radical (unpaired) electrons. The molecule has 3 heterocycles. The lowest BCUT2D eigenvalue weighted by Gasteiger charge is -2.39. The number of hydrogen-bond donors (Lipinski definition) is 1. The number of nitrogens with one attached hydrogen (secondary N) is 1. The van der Waals surface area contributed by atoms with E-state index in [0.29, 0.717) is 12.8 Å². The SMILES string of the molecule is O=C1NC2(CCN(CCc3ccccc3)CC2)C(=O)N1[C@@H]1CCCN(Cc2ccccc2)C1. The quantitative estimate of drug-likeness (QED) is 0.692. The van der Waals surface area contributed by atoms with Crippen LogP contribution in [0.1, 0.15) is 36.8 Å². The summed E-state index contributed by atoms with van der Waals surface area (Å²) in [5.41, 5.74) is 1.91. The number of urea groups is 1. The normalized spacial score (nSPS) is 23.8. The molecular weight excluding hydrogens is 412 g/mol. The fraction of sp³-hybridized carbons (Fsp3) is 0.481. The van der Waals surface area contributed by atoms with Crippen molar-refractivity contribution in [2.45, 2.75) is 50.2 Å². The molecule has 3 fully saturated rings. The Hall–Kier alpha value is -2.70. The minimum Gasteiger partial charge on any atom is -0.323 e. The van der Waals surface area contributed by atoms with E-state index >= 15 is 0 Å². The lowest BCUT2D eigenvalue weighted by molar-refractivity contribution is -0.135. The number of hydrogen-bond acceptors (Lipinski definition) is 4. The maximum atomic E-state index is 13.5. The highest BCUT2D eigenvalue weighted by Gasteiger charge is 2.54. The Morgan fingerprint density at radius 3 is 2.21 bits per heavy atom. The summed E-state index contributed by atoms with van der Waals surface area (Å²) < 4.78 is 0. The van der Waals surface area contributed by atoms with Crippen LogP contribution in [-0.2, 0) is 17.8 Å². The molecule has 1 N–H and O–H groups in total. The summed E-state index contributed by atoms with van der Waals surface area (Å²) in [7, 11) is 0. The minimum atomic E-state index is -0.706. The standard InChI is InChI=1S/C27H34N4O2/c32-25-27(14-18-29(19-15-27)17-13-22-8-3-1-4-9-22)28-26(33)31(25)24-12-7-16-30(21-24)20-23-10-5-2-6-11-23/h1-6,8-11,24H,7,12-21H2,(H,28,33)/t24-/m1/s1. The smallest absolute Gasteiger partial charge is 0.323 e. The Bertz CT molecular complexity index is 957. The zero-order valence-electron chi connectivity index (χ0n) is 19.3. The highest BCUT2D eigenvalue weighted by molar-refractivity contribution is 6.07. The van der Waals surface area contributed by atoms with Crippen LogP contribution in [0.5, 0.6) is 0 Å². The molecule has 0 bridgehead atoms. The third-order valence-electron chi connectivity index (χ3n) is 7.56. The Morgan fingerprint density at radius 2 is 1.52 bits per heavy atom. The van der Waals surface area contributed by atoms with Crippen LogP contribution in [0.4, 0.5) is 4.79 Å². The number of likely N-dealkylation sites (tertiary alicyclic amines) is 2. The van der Waals surface area contributed by atoms with Crippen LogP contribution < -0.4 is 5.32 Å². The maximum Gasteiger partial charge on any atom is 0.325 e. The molecule has 2 aromatic carbocycles. The van der Waals surface area contributed by atoms with Gasteiger partial charge in [0.25, 0.3) is 5.91 Å². The lowest BCUT2D eigenvalue weighted by Crippen LogP contribution is -2.56. The monoisotopic (exact) mass is 446 g/mol. The summed E-state index contributed by atoms with van der Waals surface area (Å²) in [6.07, 6.45) is 4.31. The topological polar surface area (TPSA) is 55.9 Å². The Labute approximate surface area is 196 Å². The highest BCUT2D eigenvalue weighted by atomic mass is 16.2. The molecule has 174 valence electrons. The van der Waals surface area contributed by atoms with Gasteiger partial charge >= 0.3 is 6.03 Å². The fourth-order valence-electron chi connectivity index (χ4n) is 5.63. The zero-order valence-corrected chi connectivity index (χ0v) is 19.3. The minimum absolute atomic E-state index is 0.00164. The number of benzene rings is 2. The molecule has 1 spiro atoms. The van der Waals surface area contributed by atoms with Gasteiger partial charge in [-0.05, 0) is 49.8 Å². The molecule has 5 rings (SSSR count). The number of amides is 3. The molecule has 0 unspecified atom stereocenters. The molecular formula is C27H34N4O2. The third-order valence-corrected chi connectivity index (χ3v) is 7.56. The van der Waals surface area contributed by atoms with Gasteiger partial charge in [0.15, 0.2) is 0 Å². The average molecular weight is 447 g/mol. The van der Waals surface area contributed by atoms with E-state index in [1.165, 1.54) is 11.1 Å². The van der Waals surface area contributed by atoms with Crippen LogP contribution in [-0.4, -0.2) is 70.9 Å². The molecule has 0 saturated carbocycles. The molecule has 2 aromatic rings. The molecule has 6 heteroatoms. The van der Waals surface area contributed by atoms with E-state index in [2.05, 4.69) is 63.6 Å². The largest absolute Gasteiger partial charge is 0.325 e. The van der Waals surface area contributed by atoms with E-state index in [1.54, 1.807) is 4.90 Å².